The molecule has 1 amide bonds. The lowest BCUT2D eigenvalue weighted by molar-refractivity contribution is -0.305. The third kappa shape index (κ3) is 3.73. The Bertz CT molecular complexity index is 873. The van der Waals surface area contributed by atoms with E-state index in [0.29, 0.717) is 5.13 Å². The standard InChI is InChI=1S/C17H14N2O3S/c20-15(7-8-16(21)22)19-17-18-14(10-23-17)13-6-5-11-3-1-2-4-12(11)9-13/h1-6,9-10H,7-8H2,(H,21,22)(H,18,19,20)/p-1. The molecule has 3 aromatic rings. The quantitative estimate of drug-likeness (QED) is 0.781. The average Bonchev–Trinajstić information content (AvgIpc) is 3.01. The zero-order chi connectivity index (χ0) is 16.2. The van der Waals surface area contributed by atoms with Gasteiger partial charge in [-0.2, -0.15) is 0 Å². The lowest BCUT2D eigenvalue weighted by Crippen LogP contribution is -2.24. The predicted molar refractivity (Wildman–Crippen MR) is 87.9 cm³/mol. The van der Waals surface area contributed by atoms with Crippen molar-refractivity contribution < 1.29 is 14.7 Å². The van der Waals surface area contributed by atoms with Crippen molar-refractivity contribution >= 4 is 39.1 Å². The van der Waals surface area contributed by atoms with Gasteiger partial charge in [0, 0.05) is 23.3 Å². The van der Waals surface area contributed by atoms with Gasteiger partial charge < -0.3 is 15.2 Å². The molecule has 0 fully saturated rings. The number of nitrogens with one attached hydrogen (secondary N) is 1. The van der Waals surface area contributed by atoms with Gasteiger partial charge in [-0.05, 0) is 23.3 Å². The van der Waals surface area contributed by atoms with Gasteiger partial charge in [0.1, 0.15) is 0 Å². The molecule has 0 atom stereocenters. The molecule has 0 saturated heterocycles. The molecule has 1 aromatic heterocycles. The molecular formula is C17H13N2O3S-. The van der Waals surface area contributed by atoms with E-state index < -0.39 is 5.97 Å². The second kappa shape index (κ2) is 6.58. The number of carboxylic acid groups (broad SMARTS) is 1. The molecule has 0 spiro atoms. The maximum atomic E-state index is 11.6. The summed E-state index contributed by atoms with van der Waals surface area (Å²) in [5, 5.41) is 17.5. The molecule has 0 aliphatic rings. The molecule has 1 heterocycles. The smallest absolute Gasteiger partial charge is 0.226 e. The van der Waals surface area contributed by atoms with Gasteiger partial charge in [-0.3, -0.25) is 4.79 Å². The van der Waals surface area contributed by atoms with Crippen molar-refractivity contribution in [1.29, 1.82) is 0 Å². The van der Waals surface area contributed by atoms with Crippen molar-refractivity contribution in [3.8, 4) is 11.3 Å². The average molecular weight is 325 g/mol. The Labute approximate surface area is 136 Å². The third-order valence-corrected chi connectivity index (χ3v) is 4.11. The summed E-state index contributed by atoms with van der Waals surface area (Å²) in [5.74, 6) is -1.62. The summed E-state index contributed by atoms with van der Waals surface area (Å²) in [4.78, 5) is 26.3. The van der Waals surface area contributed by atoms with Crippen molar-refractivity contribution in [3.63, 3.8) is 0 Å². The molecule has 0 aliphatic carbocycles. The van der Waals surface area contributed by atoms with Crippen LogP contribution in [0.2, 0.25) is 0 Å². The maximum Gasteiger partial charge on any atom is 0.226 e. The van der Waals surface area contributed by atoms with Crippen molar-refractivity contribution in [2.45, 2.75) is 12.8 Å². The second-order valence-electron chi connectivity index (χ2n) is 5.02. The molecule has 116 valence electrons. The minimum Gasteiger partial charge on any atom is -0.550 e. The number of carbonyl (C=O) groups is 2. The molecule has 6 heteroatoms. The molecule has 2 aromatic carbocycles. The first-order valence-corrected chi connectivity index (χ1v) is 7.94. The lowest BCUT2D eigenvalue weighted by Gasteiger charge is -2.02. The highest BCUT2D eigenvalue weighted by Crippen LogP contribution is 2.27. The monoisotopic (exact) mass is 325 g/mol. The summed E-state index contributed by atoms with van der Waals surface area (Å²) >= 11 is 1.31. The number of hydrogen-bond acceptors (Lipinski definition) is 5. The summed E-state index contributed by atoms with van der Waals surface area (Å²) in [6, 6.07) is 14.1. The van der Waals surface area contributed by atoms with E-state index in [9.17, 15) is 14.7 Å². The van der Waals surface area contributed by atoms with Crippen LogP contribution in [0.15, 0.2) is 47.8 Å². The number of hydrogen-bond donors (Lipinski definition) is 1. The van der Waals surface area contributed by atoms with Gasteiger partial charge in [-0.15, -0.1) is 11.3 Å². The first-order valence-electron chi connectivity index (χ1n) is 7.06. The van der Waals surface area contributed by atoms with E-state index in [-0.39, 0.29) is 18.7 Å². The molecule has 3 rings (SSSR count). The number of aliphatic carboxylic acids is 1. The fraction of sp³-hybridized carbons (Fsp3) is 0.118. The van der Waals surface area contributed by atoms with E-state index in [0.717, 1.165) is 22.0 Å². The number of carboxylic acids is 1. The number of rotatable bonds is 5. The molecular weight excluding hydrogens is 312 g/mol. The van der Waals surface area contributed by atoms with Crippen molar-refractivity contribution in [3.05, 3.63) is 47.8 Å². The Morgan fingerprint density at radius 3 is 2.65 bits per heavy atom. The van der Waals surface area contributed by atoms with Crippen LogP contribution in [0.5, 0.6) is 0 Å². The molecule has 5 nitrogen and oxygen atoms in total. The summed E-state index contributed by atoms with van der Waals surface area (Å²) < 4.78 is 0. The van der Waals surface area contributed by atoms with Crippen LogP contribution < -0.4 is 10.4 Å². The van der Waals surface area contributed by atoms with Crippen LogP contribution in [0.25, 0.3) is 22.0 Å². The maximum absolute atomic E-state index is 11.6. The Hall–Kier alpha value is -2.73. The zero-order valence-electron chi connectivity index (χ0n) is 12.1. The topological polar surface area (TPSA) is 82.1 Å². The fourth-order valence-corrected chi connectivity index (χ4v) is 2.95. The first-order chi connectivity index (χ1) is 11.1. The minimum atomic E-state index is -1.24. The number of thiazole rings is 1. The van der Waals surface area contributed by atoms with Gasteiger partial charge >= 0.3 is 0 Å². The number of amides is 1. The summed E-state index contributed by atoms with van der Waals surface area (Å²) in [5.41, 5.74) is 1.74. The second-order valence-corrected chi connectivity index (χ2v) is 5.88. The Morgan fingerprint density at radius 1 is 1.09 bits per heavy atom. The van der Waals surface area contributed by atoms with Crippen LogP contribution >= 0.6 is 11.3 Å². The summed E-state index contributed by atoms with van der Waals surface area (Å²) in [6.07, 6.45) is -0.415. The van der Waals surface area contributed by atoms with Crippen LogP contribution in [-0.4, -0.2) is 16.9 Å². The van der Waals surface area contributed by atoms with E-state index in [4.69, 9.17) is 0 Å². The van der Waals surface area contributed by atoms with E-state index in [2.05, 4.69) is 10.3 Å². The molecule has 0 bridgehead atoms. The Kier molecular flexibility index (Phi) is 4.34. The third-order valence-electron chi connectivity index (χ3n) is 3.35. The summed E-state index contributed by atoms with van der Waals surface area (Å²) in [6.45, 7) is 0. The van der Waals surface area contributed by atoms with Crippen LogP contribution in [0.4, 0.5) is 5.13 Å². The highest BCUT2D eigenvalue weighted by Gasteiger charge is 2.08. The minimum absolute atomic E-state index is 0.118. The number of carbonyl (C=O) groups excluding carboxylic acids is 2. The molecule has 1 N–H and O–H groups in total. The number of anilines is 1. The number of benzene rings is 2. The van der Waals surface area contributed by atoms with Crippen molar-refractivity contribution in [1.82, 2.24) is 4.98 Å². The number of nitrogens with zero attached hydrogens (tertiary/aromatic N) is 1. The van der Waals surface area contributed by atoms with E-state index >= 15 is 0 Å². The van der Waals surface area contributed by atoms with Gasteiger partial charge in [0.25, 0.3) is 0 Å². The molecule has 0 aliphatic heterocycles. The van der Waals surface area contributed by atoms with E-state index in [1.54, 1.807) is 0 Å². The molecule has 0 saturated carbocycles. The first kappa shape index (κ1) is 15.2. The van der Waals surface area contributed by atoms with Crippen LogP contribution in [-0.2, 0) is 9.59 Å². The molecule has 0 unspecified atom stereocenters. The molecule has 23 heavy (non-hydrogen) atoms. The van der Waals surface area contributed by atoms with Crippen LogP contribution in [0, 0.1) is 0 Å². The fourth-order valence-electron chi connectivity index (χ4n) is 2.21. The molecule has 0 radical (unpaired) electrons. The van der Waals surface area contributed by atoms with Crippen LogP contribution in [0.1, 0.15) is 12.8 Å². The summed E-state index contributed by atoms with van der Waals surface area (Å²) in [7, 11) is 0. The van der Waals surface area contributed by atoms with Crippen molar-refractivity contribution in [2.24, 2.45) is 0 Å². The number of fused-ring (bicyclic) bond motifs is 1. The van der Waals surface area contributed by atoms with Crippen LogP contribution in [0.3, 0.4) is 0 Å². The lowest BCUT2D eigenvalue weighted by atomic mass is 10.1. The van der Waals surface area contributed by atoms with Gasteiger partial charge in [-0.25, -0.2) is 4.98 Å². The highest BCUT2D eigenvalue weighted by atomic mass is 32.1. The number of aromatic nitrogens is 1. The van der Waals surface area contributed by atoms with E-state index in [1.807, 2.05) is 47.8 Å². The van der Waals surface area contributed by atoms with Crippen molar-refractivity contribution in [2.75, 3.05) is 5.32 Å². The highest BCUT2D eigenvalue weighted by molar-refractivity contribution is 7.14. The zero-order valence-corrected chi connectivity index (χ0v) is 12.9. The Morgan fingerprint density at radius 2 is 1.87 bits per heavy atom. The normalized spacial score (nSPS) is 10.6. The predicted octanol–water partition coefficient (Wildman–Crippen LogP) is 2.43. The van der Waals surface area contributed by atoms with Gasteiger partial charge in [0.2, 0.25) is 5.91 Å². The Balaban J connectivity index is 1.75. The van der Waals surface area contributed by atoms with Gasteiger partial charge in [-0.1, -0.05) is 36.4 Å². The van der Waals surface area contributed by atoms with Gasteiger partial charge in [0.15, 0.2) is 5.13 Å². The largest absolute Gasteiger partial charge is 0.550 e. The van der Waals surface area contributed by atoms with Gasteiger partial charge in [0.05, 0.1) is 5.69 Å². The van der Waals surface area contributed by atoms with E-state index in [1.165, 1.54) is 11.3 Å². The SMILES string of the molecule is O=C([O-])CCC(=O)Nc1nc(-c2ccc3ccccc3c2)cs1.